The minimum Gasteiger partial charge on any atom is -0.382 e. The molecule has 2 aromatic heterocycles. The molecule has 1 aromatic carbocycles. The van der Waals surface area contributed by atoms with Crippen molar-refractivity contribution in [2.45, 2.75) is 38.5 Å². The number of nitrogens with one attached hydrogen (secondary N) is 1. The first-order valence-corrected chi connectivity index (χ1v) is 10.7. The van der Waals surface area contributed by atoms with Crippen LogP contribution in [0, 0.1) is 5.92 Å². The Morgan fingerprint density at radius 1 is 1.13 bits per heavy atom. The van der Waals surface area contributed by atoms with Crippen LogP contribution >= 0.6 is 0 Å². The van der Waals surface area contributed by atoms with Gasteiger partial charge in [-0.2, -0.15) is 0 Å². The second-order valence-corrected chi connectivity index (χ2v) is 8.19. The van der Waals surface area contributed by atoms with E-state index in [9.17, 15) is 4.79 Å². The summed E-state index contributed by atoms with van der Waals surface area (Å²) < 4.78 is 0. The van der Waals surface area contributed by atoms with Gasteiger partial charge in [0.05, 0.1) is 22.9 Å². The third-order valence-electron chi connectivity index (χ3n) is 6.22. The summed E-state index contributed by atoms with van der Waals surface area (Å²) in [4.78, 5) is 31.8. The van der Waals surface area contributed by atoms with Crippen LogP contribution in [0.15, 0.2) is 36.5 Å². The van der Waals surface area contributed by atoms with Crippen LogP contribution in [0.2, 0.25) is 0 Å². The summed E-state index contributed by atoms with van der Waals surface area (Å²) >= 11 is 0. The first-order valence-electron chi connectivity index (χ1n) is 10.7. The van der Waals surface area contributed by atoms with Crippen LogP contribution in [0.25, 0.3) is 28.1 Å². The number of para-hydroxylation sites is 2. The molecule has 0 spiro atoms. The molecule has 5 rings (SSSR count). The summed E-state index contributed by atoms with van der Waals surface area (Å²) in [5.74, 6) is 1.50. The average Bonchev–Trinajstić information content (AvgIpc) is 3.24. The molecule has 0 unspecified atom stereocenters. The van der Waals surface area contributed by atoms with E-state index >= 15 is 0 Å². The number of carbonyl (C=O) groups excluding carboxylic acids is 1. The number of imidazole rings is 1. The van der Waals surface area contributed by atoms with Crippen LogP contribution in [-0.4, -0.2) is 43.8 Å². The van der Waals surface area contributed by atoms with Gasteiger partial charge in [-0.3, -0.25) is 4.79 Å². The predicted octanol–water partition coefficient (Wildman–Crippen LogP) is 3.80. The molecule has 0 atom stereocenters. The van der Waals surface area contributed by atoms with Crippen LogP contribution < -0.4 is 5.73 Å². The number of aromatic amines is 1. The fourth-order valence-corrected chi connectivity index (χ4v) is 4.50. The molecule has 154 valence electrons. The van der Waals surface area contributed by atoms with E-state index < -0.39 is 0 Å². The highest BCUT2D eigenvalue weighted by atomic mass is 16.2. The molecular weight excluding hydrogens is 376 g/mol. The van der Waals surface area contributed by atoms with E-state index in [0.717, 1.165) is 48.1 Å². The molecule has 7 nitrogen and oxygen atoms in total. The Bertz CT molecular complexity index is 1080. The summed E-state index contributed by atoms with van der Waals surface area (Å²) in [6.07, 6.45) is 10.3. The van der Waals surface area contributed by atoms with Gasteiger partial charge >= 0.3 is 0 Å². The lowest BCUT2D eigenvalue weighted by molar-refractivity contribution is -0.136. The van der Waals surface area contributed by atoms with Crippen molar-refractivity contribution in [2.24, 2.45) is 5.92 Å². The highest BCUT2D eigenvalue weighted by Gasteiger charge is 2.27. The number of aromatic nitrogens is 4. The van der Waals surface area contributed by atoms with Crippen LogP contribution in [0.5, 0.6) is 0 Å². The molecule has 0 saturated heterocycles. The number of hydrogen-bond donors (Lipinski definition) is 2. The van der Waals surface area contributed by atoms with Crippen molar-refractivity contribution in [3.8, 4) is 11.5 Å². The van der Waals surface area contributed by atoms with Gasteiger partial charge in [-0.1, -0.05) is 37.5 Å². The Morgan fingerprint density at radius 2 is 1.97 bits per heavy atom. The number of nitrogen functional groups attached to an aromatic ring is 1. The van der Waals surface area contributed by atoms with Gasteiger partial charge in [0, 0.05) is 19.0 Å². The van der Waals surface area contributed by atoms with Crippen molar-refractivity contribution in [3.63, 3.8) is 0 Å². The highest BCUT2D eigenvalue weighted by Crippen LogP contribution is 2.29. The minimum absolute atomic E-state index is 0.213. The first kappa shape index (κ1) is 18.8. The molecule has 3 heterocycles. The number of hydrogen-bond acceptors (Lipinski definition) is 5. The summed E-state index contributed by atoms with van der Waals surface area (Å²) in [6, 6.07) is 7.83. The fourth-order valence-electron chi connectivity index (χ4n) is 4.50. The fraction of sp³-hybridized carbons (Fsp3) is 0.391. The van der Waals surface area contributed by atoms with E-state index in [-0.39, 0.29) is 5.92 Å². The number of H-pyrrole nitrogens is 1. The monoisotopic (exact) mass is 402 g/mol. The van der Waals surface area contributed by atoms with Gasteiger partial charge in [-0.05, 0) is 37.0 Å². The third kappa shape index (κ3) is 3.56. The molecule has 3 aromatic rings. The number of anilines is 1. The molecule has 1 saturated carbocycles. The second kappa shape index (κ2) is 7.89. The summed E-state index contributed by atoms with van der Waals surface area (Å²) in [6.45, 7) is 1.36. The van der Waals surface area contributed by atoms with E-state index in [4.69, 9.17) is 10.7 Å². The maximum absolute atomic E-state index is 12.8. The molecule has 7 heteroatoms. The lowest BCUT2D eigenvalue weighted by Crippen LogP contribution is -2.39. The number of fused-ring (bicyclic) bond motifs is 1. The SMILES string of the molecule is Nc1ncc(C2=CCN(C(=O)C3CCCCC3)CC2)nc1-c1nc2ccccc2[nH]1. The lowest BCUT2D eigenvalue weighted by Gasteiger charge is -2.31. The summed E-state index contributed by atoms with van der Waals surface area (Å²) in [5, 5.41) is 0. The molecule has 2 aliphatic rings. The largest absolute Gasteiger partial charge is 0.382 e. The lowest BCUT2D eigenvalue weighted by atomic mass is 9.88. The van der Waals surface area contributed by atoms with Crippen molar-refractivity contribution in [1.29, 1.82) is 0 Å². The van der Waals surface area contributed by atoms with Crippen molar-refractivity contribution in [3.05, 3.63) is 42.2 Å². The number of rotatable bonds is 3. The zero-order valence-electron chi connectivity index (χ0n) is 17.0. The van der Waals surface area contributed by atoms with Gasteiger partial charge < -0.3 is 15.6 Å². The Kier molecular flexibility index (Phi) is 4.94. The molecule has 30 heavy (non-hydrogen) atoms. The number of amides is 1. The first-order chi connectivity index (χ1) is 14.7. The zero-order chi connectivity index (χ0) is 20.5. The Labute approximate surface area is 175 Å². The quantitative estimate of drug-likeness (QED) is 0.694. The topological polar surface area (TPSA) is 101 Å². The Balaban J connectivity index is 1.37. The second-order valence-electron chi connectivity index (χ2n) is 8.19. The Hall–Kier alpha value is -3.22. The molecular formula is C23H26N6O. The maximum Gasteiger partial charge on any atom is 0.225 e. The number of benzene rings is 1. The van der Waals surface area contributed by atoms with Crippen LogP contribution in [-0.2, 0) is 4.79 Å². The molecule has 1 amide bonds. The van der Waals surface area contributed by atoms with E-state index in [0.29, 0.717) is 29.8 Å². The normalized spacial score (nSPS) is 17.9. The van der Waals surface area contributed by atoms with Gasteiger partial charge in [-0.25, -0.2) is 15.0 Å². The smallest absolute Gasteiger partial charge is 0.225 e. The van der Waals surface area contributed by atoms with Crippen molar-refractivity contribution >= 4 is 28.3 Å². The van der Waals surface area contributed by atoms with Crippen LogP contribution in [0.4, 0.5) is 5.82 Å². The van der Waals surface area contributed by atoms with Crippen molar-refractivity contribution < 1.29 is 4.79 Å². The van der Waals surface area contributed by atoms with Crippen LogP contribution in [0.3, 0.4) is 0 Å². The Morgan fingerprint density at radius 3 is 2.73 bits per heavy atom. The number of nitrogens with zero attached hydrogens (tertiary/aromatic N) is 4. The van der Waals surface area contributed by atoms with E-state index in [1.165, 1.54) is 19.3 Å². The molecule has 0 bridgehead atoms. The highest BCUT2D eigenvalue weighted by molar-refractivity contribution is 5.82. The predicted molar refractivity (Wildman–Crippen MR) is 117 cm³/mol. The number of nitrogens with two attached hydrogens (primary N) is 1. The zero-order valence-corrected chi connectivity index (χ0v) is 17.0. The van der Waals surface area contributed by atoms with E-state index in [2.05, 4.69) is 21.0 Å². The van der Waals surface area contributed by atoms with E-state index in [1.54, 1.807) is 6.20 Å². The molecule has 1 aliphatic heterocycles. The van der Waals surface area contributed by atoms with Gasteiger partial charge in [0.1, 0.15) is 5.69 Å². The van der Waals surface area contributed by atoms with Gasteiger partial charge in [0.2, 0.25) is 5.91 Å². The van der Waals surface area contributed by atoms with Gasteiger partial charge in [0.25, 0.3) is 0 Å². The van der Waals surface area contributed by atoms with Crippen molar-refractivity contribution in [1.82, 2.24) is 24.8 Å². The summed E-state index contributed by atoms with van der Waals surface area (Å²) in [7, 11) is 0. The minimum atomic E-state index is 0.213. The molecule has 0 radical (unpaired) electrons. The number of carbonyl (C=O) groups is 1. The summed E-state index contributed by atoms with van der Waals surface area (Å²) in [5.41, 5.74) is 10.4. The average molecular weight is 403 g/mol. The standard InChI is InChI=1S/C23H26N6O/c24-21-20(22-27-17-8-4-5-9-18(17)28-22)26-19(14-25-21)15-10-12-29(13-11-15)23(30)16-6-2-1-3-7-16/h4-5,8-10,14,16H,1-3,6-7,11-13H2,(H2,24,25)(H,27,28). The van der Waals surface area contributed by atoms with Gasteiger partial charge in [-0.15, -0.1) is 0 Å². The van der Waals surface area contributed by atoms with E-state index in [1.807, 2.05) is 29.2 Å². The molecule has 3 N–H and O–H groups in total. The molecule has 1 fully saturated rings. The van der Waals surface area contributed by atoms with Crippen molar-refractivity contribution in [2.75, 3.05) is 18.8 Å². The van der Waals surface area contributed by atoms with Crippen LogP contribution in [0.1, 0.15) is 44.2 Å². The maximum atomic E-state index is 12.8. The molecule has 1 aliphatic carbocycles. The third-order valence-corrected chi connectivity index (χ3v) is 6.22. The van der Waals surface area contributed by atoms with Gasteiger partial charge in [0.15, 0.2) is 11.6 Å².